The summed E-state index contributed by atoms with van der Waals surface area (Å²) in [5, 5.41) is 19.1. The van der Waals surface area contributed by atoms with Gasteiger partial charge in [0.2, 0.25) is 5.91 Å². The summed E-state index contributed by atoms with van der Waals surface area (Å²) < 4.78 is 7.40. The molecule has 8 nitrogen and oxygen atoms in total. The normalized spacial score (nSPS) is 10.7. The van der Waals surface area contributed by atoms with Crippen LogP contribution in [0.5, 0.6) is 11.5 Å². The maximum Gasteiger partial charge on any atom is 0.275 e. The van der Waals surface area contributed by atoms with Gasteiger partial charge in [0, 0.05) is 23.6 Å². The molecule has 0 aliphatic rings. The van der Waals surface area contributed by atoms with Crippen molar-refractivity contribution in [1.82, 2.24) is 9.78 Å². The van der Waals surface area contributed by atoms with Crippen molar-refractivity contribution < 1.29 is 14.5 Å². The molecule has 3 aromatic rings. The third kappa shape index (κ3) is 5.28. The Morgan fingerprint density at radius 1 is 1.23 bits per heavy atom. The standard InChI is InChI=1S/C20H18Cl2N4O4/c1-12-7-14(21)3-4-19(12)30-17-9-15(8-16(10-17)26(28)29)24-20(27)5-6-25-13(2)18(22)11-23-25/h3-4,7-11H,5-6H2,1-2H3,(H,24,27). The Morgan fingerprint density at radius 3 is 2.63 bits per heavy atom. The van der Waals surface area contributed by atoms with Crippen molar-refractivity contribution in [3.8, 4) is 11.5 Å². The van der Waals surface area contributed by atoms with Crippen molar-refractivity contribution in [2.45, 2.75) is 26.8 Å². The van der Waals surface area contributed by atoms with Crippen LogP contribution in [-0.2, 0) is 11.3 Å². The number of hydrogen-bond acceptors (Lipinski definition) is 5. The molecule has 3 rings (SSSR count). The highest BCUT2D eigenvalue weighted by molar-refractivity contribution is 6.31. The number of carbonyl (C=O) groups excluding carboxylic acids is 1. The first-order valence-electron chi connectivity index (χ1n) is 8.94. The second-order valence-corrected chi connectivity index (χ2v) is 7.43. The molecule has 0 saturated heterocycles. The SMILES string of the molecule is Cc1cc(Cl)ccc1Oc1cc(NC(=O)CCn2ncc(Cl)c2C)cc([N+](=O)[O-])c1. The van der Waals surface area contributed by atoms with E-state index in [0.29, 0.717) is 22.3 Å². The predicted molar refractivity (Wildman–Crippen MR) is 115 cm³/mol. The summed E-state index contributed by atoms with van der Waals surface area (Å²) >= 11 is 11.9. The van der Waals surface area contributed by atoms with Crippen LogP contribution in [0.1, 0.15) is 17.7 Å². The van der Waals surface area contributed by atoms with Crippen LogP contribution in [0.25, 0.3) is 0 Å². The highest BCUT2D eigenvalue weighted by atomic mass is 35.5. The van der Waals surface area contributed by atoms with Gasteiger partial charge in [-0.05, 0) is 37.6 Å². The molecule has 0 atom stereocenters. The van der Waals surface area contributed by atoms with Crippen LogP contribution >= 0.6 is 23.2 Å². The lowest BCUT2D eigenvalue weighted by Crippen LogP contribution is -2.15. The van der Waals surface area contributed by atoms with Gasteiger partial charge in [0.25, 0.3) is 5.69 Å². The summed E-state index contributed by atoms with van der Waals surface area (Å²) in [6, 6.07) is 9.14. The molecule has 30 heavy (non-hydrogen) atoms. The van der Waals surface area contributed by atoms with Crippen LogP contribution in [0.15, 0.2) is 42.6 Å². The first kappa shape index (κ1) is 21.6. The summed E-state index contributed by atoms with van der Waals surface area (Å²) in [6.07, 6.45) is 1.63. The molecule has 0 unspecified atom stereocenters. The third-order valence-electron chi connectivity index (χ3n) is 4.34. The van der Waals surface area contributed by atoms with Crippen LogP contribution < -0.4 is 10.1 Å². The highest BCUT2D eigenvalue weighted by Gasteiger charge is 2.14. The number of anilines is 1. The minimum absolute atomic E-state index is 0.119. The van der Waals surface area contributed by atoms with Crippen molar-refractivity contribution in [2.75, 3.05) is 5.32 Å². The van der Waals surface area contributed by atoms with Gasteiger partial charge in [-0.1, -0.05) is 23.2 Å². The first-order valence-corrected chi connectivity index (χ1v) is 9.70. The van der Waals surface area contributed by atoms with Crippen LogP contribution in [0.4, 0.5) is 11.4 Å². The largest absolute Gasteiger partial charge is 0.457 e. The van der Waals surface area contributed by atoms with Crippen LogP contribution in [0, 0.1) is 24.0 Å². The number of nitro benzene ring substituents is 1. The molecule has 0 bridgehead atoms. The maximum absolute atomic E-state index is 12.3. The van der Waals surface area contributed by atoms with E-state index < -0.39 is 4.92 Å². The number of carbonyl (C=O) groups is 1. The van der Waals surface area contributed by atoms with Gasteiger partial charge >= 0.3 is 0 Å². The minimum Gasteiger partial charge on any atom is -0.457 e. The second kappa shape index (κ2) is 9.15. The lowest BCUT2D eigenvalue weighted by Gasteiger charge is -2.11. The van der Waals surface area contributed by atoms with E-state index in [4.69, 9.17) is 27.9 Å². The molecule has 1 heterocycles. The van der Waals surface area contributed by atoms with Crippen molar-refractivity contribution in [3.05, 3.63) is 74.0 Å². The van der Waals surface area contributed by atoms with Crippen LogP contribution in [0.2, 0.25) is 10.0 Å². The number of rotatable bonds is 7. The van der Waals surface area contributed by atoms with Crippen molar-refractivity contribution in [3.63, 3.8) is 0 Å². The van der Waals surface area contributed by atoms with E-state index in [1.165, 1.54) is 24.4 Å². The molecule has 1 N–H and O–H groups in total. The van der Waals surface area contributed by atoms with E-state index in [-0.39, 0.29) is 29.5 Å². The number of ether oxygens (including phenoxy) is 1. The Morgan fingerprint density at radius 2 is 2.00 bits per heavy atom. The average Bonchev–Trinajstić information content (AvgIpc) is 3.00. The molecule has 0 aliphatic heterocycles. The van der Waals surface area contributed by atoms with E-state index in [0.717, 1.165) is 11.3 Å². The summed E-state index contributed by atoms with van der Waals surface area (Å²) in [5.74, 6) is 0.401. The molecule has 1 aromatic heterocycles. The number of hydrogen-bond donors (Lipinski definition) is 1. The Labute approximate surface area is 182 Å². The summed E-state index contributed by atoms with van der Waals surface area (Å²) in [5.41, 5.74) is 1.58. The molecule has 10 heteroatoms. The molecular formula is C20H18Cl2N4O4. The summed E-state index contributed by atoms with van der Waals surface area (Å²) in [4.78, 5) is 23.1. The van der Waals surface area contributed by atoms with Gasteiger partial charge in [0.1, 0.15) is 11.5 Å². The molecule has 0 saturated carbocycles. The number of amides is 1. The van der Waals surface area contributed by atoms with Crippen LogP contribution in [0.3, 0.4) is 0 Å². The van der Waals surface area contributed by atoms with E-state index in [1.54, 1.807) is 29.8 Å². The molecule has 1 amide bonds. The van der Waals surface area contributed by atoms with Gasteiger partial charge in [0.15, 0.2) is 0 Å². The zero-order valence-electron chi connectivity index (χ0n) is 16.2. The predicted octanol–water partition coefficient (Wildman–Crippen LogP) is 5.54. The smallest absolute Gasteiger partial charge is 0.275 e. The minimum atomic E-state index is -0.549. The molecule has 0 fully saturated rings. The van der Waals surface area contributed by atoms with Gasteiger partial charge in [0.05, 0.1) is 40.1 Å². The monoisotopic (exact) mass is 448 g/mol. The van der Waals surface area contributed by atoms with E-state index >= 15 is 0 Å². The fourth-order valence-corrected chi connectivity index (χ4v) is 3.12. The number of nitro groups is 1. The molecule has 156 valence electrons. The molecule has 0 aliphatic carbocycles. The Balaban J connectivity index is 1.75. The van der Waals surface area contributed by atoms with Crippen LogP contribution in [-0.4, -0.2) is 20.6 Å². The number of nitrogens with one attached hydrogen (secondary N) is 1. The van der Waals surface area contributed by atoms with Gasteiger partial charge in [-0.25, -0.2) is 0 Å². The fourth-order valence-electron chi connectivity index (χ4n) is 2.75. The Hall–Kier alpha value is -3.10. The molecule has 2 aromatic carbocycles. The number of aryl methyl sites for hydroxylation is 2. The molecular weight excluding hydrogens is 431 g/mol. The average molecular weight is 449 g/mol. The van der Waals surface area contributed by atoms with Gasteiger partial charge < -0.3 is 10.1 Å². The number of nitrogens with zero attached hydrogens (tertiary/aromatic N) is 3. The molecule has 0 radical (unpaired) electrons. The summed E-state index contributed by atoms with van der Waals surface area (Å²) in [6.45, 7) is 3.94. The number of benzene rings is 2. The van der Waals surface area contributed by atoms with Crippen molar-refractivity contribution in [2.24, 2.45) is 0 Å². The number of halogens is 2. The number of aromatic nitrogens is 2. The van der Waals surface area contributed by atoms with Gasteiger partial charge in [-0.15, -0.1) is 0 Å². The lowest BCUT2D eigenvalue weighted by molar-refractivity contribution is -0.384. The third-order valence-corrected chi connectivity index (χ3v) is 4.95. The van der Waals surface area contributed by atoms with Gasteiger partial charge in [-0.3, -0.25) is 19.6 Å². The lowest BCUT2D eigenvalue weighted by atomic mass is 10.2. The topological polar surface area (TPSA) is 99.3 Å². The van der Waals surface area contributed by atoms with E-state index in [1.807, 2.05) is 6.92 Å². The Kier molecular flexibility index (Phi) is 6.59. The first-order chi connectivity index (χ1) is 14.2. The second-order valence-electron chi connectivity index (χ2n) is 6.58. The zero-order valence-corrected chi connectivity index (χ0v) is 17.7. The van der Waals surface area contributed by atoms with Crippen molar-refractivity contribution in [1.29, 1.82) is 0 Å². The maximum atomic E-state index is 12.3. The quantitative estimate of drug-likeness (QED) is 0.377. The highest BCUT2D eigenvalue weighted by Crippen LogP contribution is 2.32. The Bertz CT molecular complexity index is 1110. The van der Waals surface area contributed by atoms with E-state index in [2.05, 4.69) is 10.4 Å². The molecule has 0 spiro atoms. The van der Waals surface area contributed by atoms with Gasteiger partial charge in [-0.2, -0.15) is 5.10 Å². The van der Waals surface area contributed by atoms with E-state index in [9.17, 15) is 14.9 Å². The number of non-ortho nitro benzene ring substituents is 1. The zero-order chi connectivity index (χ0) is 21.8. The summed E-state index contributed by atoms with van der Waals surface area (Å²) in [7, 11) is 0. The fraction of sp³-hybridized carbons (Fsp3) is 0.200. The van der Waals surface area contributed by atoms with Crippen molar-refractivity contribution >= 4 is 40.5 Å².